The van der Waals surface area contributed by atoms with E-state index >= 15 is 0 Å². The quantitative estimate of drug-likeness (QED) is 0.899. The zero-order valence-electron chi connectivity index (χ0n) is 13.1. The SMILES string of the molecule is CS(=O)(=O)Nc1ccc2c(c1)CCCN2S(=O)(=O)c1ccccc1. The topological polar surface area (TPSA) is 83.6 Å². The Kier molecular flexibility index (Phi) is 4.27. The Bertz CT molecular complexity index is 955. The fourth-order valence-corrected chi connectivity index (χ4v) is 4.93. The van der Waals surface area contributed by atoms with Crippen molar-refractivity contribution in [1.82, 2.24) is 0 Å². The third-order valence-electron chi connectivity index (χ3n) is 3.79. The zero-order chi connectivity index (χ0) is 17.4. The highest BCUT2D eigenvalue weighted by Crippen LogP contribution is 2.33. The number of rotatable bonds is 4. The maximum atomic E-state index is 12.9. The summed E-state index contributed by atoms with van der Waals surface area (Å²) in [6, 6.07) is 13.2. The van der Waals surface area contributed by atoms with Crippen LogP contribution < -0.4 is 9.03 Å². The van der Waals surface area contributed by atoms with Gasteiger partial charge in [-0.1, -0.05) is 18.2 Å². The lowest BCUT2D eigenvalue weighted by Crippen LogP contribution is -2.35. The van der Waals surface area contributed by atoms with Gasteiger partial charge in [-0.3, -0.25) is 9.03 Å². The second-order valence-corrected chi connectivity index (χ2v) is 9.32. The van der Waals surface area contributed by atoms with Crippen molar-refractivity contribution in [2.75, 3.05) is 21.8 Å². The monoisotopic (exact) mass is 366 g/mol. The van der Waals surface area contributed by atoms with E-state index in [2.05, 4.69) is 4.72 Å². The Morgan fingerprint density at radius 3 is 2.38 bits per heavy atom. The first kappa shape index (κ1) is 16.8. The number of nitrogens with zero attached hydrogens (tertiary/aromatic N) is 1. The minimum Gasteiger partial charge on any atom is -0.284 e. The van der Waals surface area contributed by atoms with Crippen molar-refractivity contribution in [3.8, 4) is 0 Å². The van der Waals surface area contributed by atoms with Crippen LogP contribution in [0.2, 0.25) is 0 Å². The third-order valence-corrected chi connectivity index (χ3v) is 6.22. The second-order valence-electron chi connectivity index (χ2n) is 5.71. The molecule has 0 atom stereocenters. The van der Waals surface area contributed by atoms with E-state index in [0.717, 1.165) is 11.8 Å². The Hall–Kier alpha value is -2.06. The number of benzene rings is 2. The number of fused-ring (bicyclic) bond motifs is 1. The Labute approximate surface area is 142 Å². The van der Waals surface area contributed by atoms with Crippen molar-refractivity contribution in [2.24, 2.45) is 0 Å². The van der Waals surface area contributed by atoms with Gasteiger partial charge in [0.15, 0.2) is 0 Å². The van der Waals surface area contributed by atoms with Gasteiger partial charge in [0.2, 0.25) is 10.0 Å². The molecule has 8 heteroatoms. The lowest BCUT2D eigenvalue weighted by atomic mass is 10.0. The molecule has 0 aliphatic carbocycles. The van der Waals surface area contributed by atoms with Crippen LogP contribution in [0.4, 0.5) is 11.4 Å². The van der Waals surface area contributed by atoms with Crippen LogP contribution in [0.3, 0.4) is 0 Å². The van der Waals surface area contributed by atoms with E-state index in [1.54, 1.807) is 48.5 Å². The standard InChI is InChI=1S/C16H18N2O4S2/c1-23(19,20)17-14-9-10-16-13(12-14)6-5-11-18(16)24(21,22)15-7-3-2-4-8-15/h2-4,7-10,12,17H,5-6,11H2,1H3. The van der Waals surface area contributed by atoms with Crippen LogP contribution in [0.1, 0.15) is 12.0 Å². The molecule has 128 valence electrons. The summed E-state index contributed by atoms with van der Waals surface area (Å²) in [5.74, 6) is 0. The van der Waals surface area contributed by atoms with Crippen molar-refractivity contribution in [2.45, 2.75) is 17.7 Å². The summed E-state index contributed by atoms with van der Waals surface area (Å²) in [7, 11) is -7.00. The fraction of sp³-hybridized carbons (Fsp3) is 0.250. The molecule has 2 aromatic rings. The molecule has 2 aromatic carbocycles. The number of anilines is 2. The molecule has 0 amide bonds. The van der Waals surface area contributed by atoms with Gasteiger partial charge in [0.1, 0.15) is 0 Å². The lowest BCUT2D eigenvalue weighted by molar-refractivity contribution is 0.586. The van der Waals surface area contributed by atoms with Gasteiger partial charge in [-0.15, -0.1) is 0 Å². The predicted octanol–water partition coefficient (Wildman–Crippen LogP) is 2.20. The summed E-state index contributed by atoms with van der Waals surface area (Å²) in [6.45, 7) is 0.406. The second kappa shape index (κ2) is 6.10. The largest absolute Gasteiger partial charge is 0.284 e. The first-order valence-corrected chi connectivity index (χ1v) is 10.8. The number of hydrogen-bond acceptors (Lipinski definition) is 4. The van der Waals surface area contributed by atoms with Gasteiger partial charge in [0.25, 0.3) is 10.0 Å². The molecule has 0 bridgehead atoms. The Morgan fingerprint density at radius 2 is 1.71 bits per heavy atom. The molecule has 1 aliphatic rings. The minimum atomic E-state index is -3.63. The third kappa shape index (κ3) is 3.39. The van der Waals surface area contributed by atoms with Crippen LogP contribution >= 0.6 is 0 Å². The van der Waals surface area contributed by atoms with Crippen molar-refractivity contribution in [3.63, 3.8) is 0 Å². The van der Waals surface area contributed by atoms with E-state index in [1.165, 1.54) is 4.31 Å². The number of nitrogens with one attached hydrogen (secondary N) is 1. The summed E-state index contributed by atoms with van der Waals surface area (Å²) in [5, 5.41) is 0. The van der Waals surface area contributed by atoms with Crippen molar-refractivity contribution in [1.29, 1.82) is 0 Å². The number of sulfonamides is 2. The molecule has 0 fully saturated rings. The van der Waals surface area contributed by atoms with Gasteiger partial charge in [-0.05, 0) is 48.7 Å². The summed E-state index contributed by atoms with van der Waals surface area (Å²) < 4.78 is 52.3. The van der Waals surface area contributed by atoms with Crippen LogP contribution in [0.25, 0.3) is 0 Å². The van der Waals surface area contributed by atoms with Crippen LogP contribution in [0.5, 0.6) is 0 Å². The summed E-state index contributed by atoms with van der Waals surface area (Å²) in [5.41, 5.74) is 1.86. The molecule has 3 rings (SSSR count). The molecule has 0 aromatic heterocycles. The van der Waals surface area contributed by atoms with Crippen molar-refractivity contribution < 1.29 is 16.8 Å². The van der Waals surface area contributed by atoms with Crippen molar-refractivity contribution >= 4 is 31.4 Å². The molecule has 24 heavy (non-hydrogen) atoms. The van der Waals surface area contributed by atoms with Crippen LogP contribution in [-0.2, 0) is 26.5 Å². The van der Waals surface area contributed by atoms with Gasteiger partial charge in [0.05, 0.1) is 16.8 Å². The van der Waals surface area contributed by atoms with Crippen LogP contribution in [0, 0.1) is 0 Å². The number of aryl methyl sites for hydroxylation is 1. The molecule has 1 aliphatic heterocycles. The van der Waals surface area contributed by atoms with Crippen molar-refractivity contribution in [3.05, 3.63) is 54.1 Å². The Morgan fingerprint density at radius 1 is 1.00 bits per heavy atom. The Balaban J connectivity index is 2.01. The van der Waals surface area contributed by atoms with Gasteiger partial charge in [-0.25, -0.2) is 16.8 Å². The summed E-state index contributed by atoms with van der Waals surface area (Å²) in [4.78, 5) is 0.246. The molecule has 1 heterocycles. The van der Waals surface area contributed by atoms with Gasteiger partial charge < -0.3 is 0 Å². The van der Waals surface area contributed by atoms with Crippen LogP contribution in [-0.4, -0.2) is 29.6 Å². The molecular formula is C16H18N2O4S2. The van der Waals surface area contributed by atoms with E-state index in [1.807, 2.05) is 0 Å². The highest BCUT2D eigenvalue weighted by Gasteiger charge is 2.29. The van der Waals surface area contributed by atoms with Gasteiger partial charge in [-0.2, -0.15) is 0 Å². The molecule has 0 unspecified atom stereocenters. The van der Waals surface area contributed by atoms with Gasteiger partial charge >= 0.3 is 0 Å². The first-order chi connectivity index (χ1) is 11.3. The van der Waals surface area contributed by atoms with E-state index in [0.29, 0.717) is 30.8 Å². The van der Waals surface area contributed by atoms with Gasteiger partial charge in [0, 0.05) is 12.2 Å². The first-order valence-electron chi connectivity index (χ1n) is 7.46. The fourth-order valence-electron chi connectivity index (χ4n) is 2.81. The molecule has 0 saturated carbocycles. The van der Waals surface area contributed by atoms with E-state index in [-0.39, 0.29) is 4.90 Å². The maximum Gasteiger partial charge on any atom is 0.264 e. The van der Waals surface area contributed by atoms with E-state index < -0.39 is 20.0 Å². The average Bonchev–Trinajstić information content (AvgIpc) is 2.53. The number of hydrogen-bond donors (Lipinski definition) is 1. The van der Waals surface area contributed by atoms with Crippen LogP contribution in [0.15, 0.2) is 53.4 Å². The molecule has 0 spiro atoms. The molecule has 6 nitrogen and oxygen atoms in total. The highest BCUT2D eigenvalue weighted by molar-refractivity contribution is 7.93. The zero-order valence-corrected chi connectivity index (χ0v) is 14.8. The average molecular weight is 366 g/mol. The highest BCUT2D eigenvalue weighted by atomic mass is 32.2. The molecule has 0 saturated heterocycles. The van der Waals surface area contributed by atoms with E-state index in [4.69, 9.17) is 0 Å². The summed E-state index contributed by atoms with van der Waals surface area (Å²) in [6.07, 6.45) is 2.47. The molecule has 1 N–H and O–H groups in total. The lowest BCUT2D eigenvalue weighted by Gasteiger charge is -2.30. The smallest absolute Gasteiger partial charge is 0.264 e. The molecule has 0 radical (unpaired) electrons. The predicted molar refractivity (Wildman–Crippen MR) is 94.2 cm³/mol. The summed E-state index contributed by atoms with van der Waals surface area (Å²) >= 11 is 0. The minimum absolute atomic E-state index is 0.246. The normalized spacial score (nSPS) is 15.0. The molecular weight excluding hydrogens is 348 g/mol. The maximum absolute atomic E-state index is 12.9. The van der Waals surface area contributed by atoms with E-state index in [9.17, 15) is 16.8 Å².